The van der Waals surface area contributed by atoms with Gasteiger partial charge in [-0.1, -0.05) is 6.07 Å². The number of benzene rings is 1. The highest BCUT2D eigenvalue weighted by Crippen LogP contribution is 2.52. The zero-order valence-electron chi connectivity index (χ0n) is 15.6. The molecule has 0 saturated heterocycles. The lowest BCUT2D eigenvalue weighted by Gasteiger charge is -2.35. The molecule has 0 spiro atoms. The van der Waals surface area contributed by atoms with Gasteiger partial charge in [-0.2, -0.15) is 4.98 Å². The molecule has 2 aromatic rings. The second-order valence-corrected chi connectivity index (χ2v) is 8.06. The maximum atomic E-state index is 14.4. The zero-order chi connectivity index (χ0) is 20.1. The van der Waals surface area contributed by atoms with E-state index in [1.165, 1.54) is 0 Å². The van der Waals surface area contributed by atoms with Crippen LogP contribution in [0.25, 0.3) is 0 Å². The molecule has 8 nitrogen and oxygen atoms in total. The first kappa shape index (κ1) is 17.8. The number of amides is 2. The van der Waals surface area contributed by atoms with Crippen LogP contribution in [0, 0.1) is 29.5 Å². The Morgan fingerprint density at radius 1 is 1.24 bits per heavy atom. The lowest BCUT2D eigenvalue weighted by Crippen LogP contribution is -2.47. The molecular weight excluding hydrogens is 375 g/mol. The molecule has 1 aromatic heterocycles. The number of hydrogen-bond donors (Lipinski definition) is 4. The van der Waals surface area contributed by atoms with E-state index in [-0.39, 0.29) is 47.4 Å². The van der Waals surface area contributed by atoms with Crippen LogP contribution in [-0.4, -0.2) is 34.4 Å². The van der Waals surface area contributed by atoms with Crippen LogP contribution < -0.4 is 21.7 Å². The fourth-order valence-corrected chi connectivity index (χ4v) is 5.21. The standard InChI is InChI=1S/C20H21FN6O2/c21-14-8-24-20-25-12-3-1-2-9(5-12)19(29)23-7-11-4-10-6-13(11)16(15(10)17(22)28)26-18(14)27-20/h1-3,5,8,10-11,13,15-16H,4,6-7H2,(H2,22,28)(H,23,29)(H2,24,25,26,27)/t10-,11+,13-,15+,16-/m1/s1. The van der Waals surface area contributed by atoms with E-state index in [0.29, 0.717) is 17.8 Å². The van der Waals surface area contributed by atoms with Gasteiger partial charge in [-0.05, 0) is 48.8 Å². The van der Waals surface area contributed by atoms with Crippen molar-refractivity contribution >= 4 is 29.3 Å². The number of halogens is 1. The Hall–Kier alpha value is -3.23. The number of primary amides is 1. The number of nitrogens with one attached hydrogen (secondary N) is 3. The van der Waals surface area contributed by atoms with Crippen LogP contribution in [0.5, 0.6) is 0 Å². The van der Waals surface area contributed by atoms with Crippen LogP contribution in [0.15, 0.2) is 30.5 Å². The molecule has 2 saturated carbocycles. The summed E-state index contributed by atoms with van der Waals surface area (Å²) < 4.78 is 14.4. The average Bonchev–Trinajstić information content (AvgIpc) is 3.26. The van der Waals surface area contributed by atoms with Crippen molar-refractivity contribution in [3.8, 4) is 0 Å². The van der Waals surface area contributed by atoms with Gasteiger partial charge in [-0.25, -0.2) is 9.37 Å². The van der Waals surface area contributed by atoms with E-state index >= 15 is 0 Å². The van der Waals surface area contributed by atoms with Gasteiger partial charge in [0.25, 0.3) is 5.91 Å². The van der Waals surface area contributed by atoms with Gasteiger partial charge < -0.3 is 21.7 Å². The number of nitrogens with two attached hydrogens (primary N) is 1. The molecule has 2 heterocycles. The van der Waals surface area contributed by atoms with Gasteiger partial charge in [0.2, 0.25) is 11.9 Å². The first-order chi connectivity index (χ1) is 14.0. The van der Waals surface area contributed by atoms with E-state index in [4.69, 9.17) is 5.73 Å². The van der Waals surface area contributed by atoms with Crippen molar-refractivity contribution in [1.82, 2.24) is 15.3 Å². The number of rotatable bonds is 1. The molecular formula is C20H21FN6O2. The Morgan fingerprint density at radius 2 is 2.10 bits per heavy atom. The maximum absolute atomic E-state index is 14.4. The van der Waals surface area contributed by atoms with E-state index in [2.05, 4.69) is 25.9 Å². The summed E-state index contributed by atoms with van der Waals surface area (Å²) in [7, 11) is 0. The predicted molar refractivity (Wildman–Crippen MR) is 104 cm³/mol. The highest BCUT2D eigenvalue weighted by Gasteiger charge is 2.55. The molecule has 0 radical (unpaired) electrons. The quantitative estimate of drug-likeness (QED) is 0.581. The summed E-state index contributed by atoms with van der Waals surface area (Å²) >= 11 is 0. The molecule has 2 fully saturated rings. The Kier molecular flexibility index (Phi) is 4.11. The molecule has 9 heteroatoms. The second-order valence-electron chi connectivity index (χ2n) is 8.06. The number of anilines is 3. The van der Waals surface area contributed by atoms with Gasteiger partial charge >= 0.3 is 0 Å². The largest absolute Gasteiger partial charge is 0.369 e. The second kappa shape index (κ2) is 6.68. The van der Waals surface area contributed by atoms with E-state index < -0.39 is 11.7 Å². The summed E-state index contributed by atoms with van der Waals surface area (Å²) in [6, 6.07) is 6.64. The van der Waals surface area contributed by atoms with Gasteiger partial charge in [0.1, 0.15) is 0 Å². The number of fused-ring (bicyclic) bond motifs is 5. The van der Waals surface area contributed by atoms with E-state index in [0.717, 1.165) is 19.0 Å². The molecule has 2 aliphatic carbocycles. The van der Waals surface area contributed by atoms with E-state index in [1.54, 1.807) is 24.3 Å². The summed E-state index contributed by atoms with van der Waals surface area (Å²) in [6.45, 7) is 0.499. The molecule has 29 heavy (non-hydrogen) atoms. The number of nitrogens with zero attached hydrogens (tertiary/aromatic N) is 2. The van der Waals surface area contributed by atoms with Gasteiger partial charge in [0, 0.05) is 23.8 Å². The monoisotopic (exact) mass is 396 g/mol. The van der Waals surface area contributed by atoms with Crippen LogP contribution in [0.3, 0.4) is 0 Å². The summed E-state index contributed by atoms with van der Waals surface area (Å²) in [4.78, 5) is 33.0. The molecule has 150 valence electrons. The van der Waals surface area contributed by atoms with Crippen LogP contribution in [0.1, 0.15) is 23.2 Å². The fraction of sp³-hybridized carbons (Fsp3) is 0.400. The van der Waals surface area contributed by atoms with Crippen molar-refractivity contribution < 1.29 is 14.0 Å². The first-order valence-electron chi connectivity index (χ1n) is 9.73. The number of carbonyl (C=O) groups is 2. The molecule has 5 N–H and O–H groups in total. The molecule has 6 bridgehead atoms. The lowest BCUT2D eigenvalue weighted by atomic mass is 9.77. The Bertz CT molecular complexity index is 999. The smallest absolute Gasteiger partial charge is 0.251 e. The lowest BCUT2D eigenvalue weighted by molar-refractivity contribution is -0.123. The Morgan fingerprint density at radius 3 is 2.93 bits per heavy atom. The van der Waals surface area contributed by atoms with Crippen LogP contribution in [0.2, 0.25) is 0 Å². The number of aromatic nitrogens is 2. The van der Waals surface area contributed by atoms with Crippen molar-refractivity contribution in [1.29, 1.82) is 0 Å². The van der Waals surface area contributed by atoms with Crippen molar-refractivity contribution in [3.05, 3.63) is 41.8 Å². The normalized spacial score (nSPS) is 30.0. The Labute approximate surface area is 166 Å². The minimum Gasteiger partial charge on any atom is -0.369 e. The van der Waals surface area contributed by atoms with E-state index in [9.17, 15) is 14.0 Å². The first-order valence-corrected chi connectivity index (χ1v) is 9.73. The summed E-state index contributed by atoms with van der Waals surface area (Å²) in [6.07, 6.45) is 2.72. The van der Waals surface area contributed by atoms with Gasteiger partial charge in [-0.3, -0.25) is 9.59 Å². The highest BCUT2D eigenvalue weighted by atomic mass is 19.1. The van der Waals surface area contributed by atoms with E-state index in [1.807, 2.05) is 0 Å². The molecule has 1 aliphatic heterocycles. The highest BCUT2D eigenvalue weighted by molar-refractivity contribution is 5.95. The maximum Gasteiger partial charge on any atom is 0.251 e. The third-order valence-electron chi connectivity index (χ3n) is 6.42. The molecule has 2 amide bonds. The van der Waals surface area contributed by atoms with Crippen molar-refractivity contribution in [2.75, 3.05) is 17.2 Å². The van der Waals surface area contributed by atoms with Crippen LogP contribution >= 0.6 is 0 Å². The third-order valence-corrected chi connectivity index (χ3v) is 6.42. The summed E-state index contributed by atoms with van der Waals surface area (Å²) in [5, 5.41) is 9.13. The summed E-state index contributed by atoms with van der Waals surface area (Å²) in [5.74, 6) is -0.891. The van der Waals surface area contributed by atoms with Crippen LogP contribution in [0.4, 0.5) is 21.8 Å². The molecule has 5 rings (SSSR count). The number of hydrogen-bond acceptors (Lipinski definition) is 6. The minimum atomic E-state index is -0.591. The minimum absolute atomic E-state index is 0.0438. The molecule has 3 aliphatic rings. The van der Waals surface area contributed by atoms with Crippen LogP contribution in [-0.2, 0) is 4.79 Å². The molecule has 0 unspecified atom stereocenters. The average molecular weight is 396 g/mol. The molecule has 1 aromatic carbocycles. The van der Waals surface area contributed by atoms with Crippen molar-refractivity contribution in [3.63, 3.8) is 0 Å². The van der Waals surface area contributed by atoms with Crippen molar-refractivity contribution in [2.24, 2.45) is 29.4 Å². The topological polar surface area (TPSA) is 122 Å². The predicted octanol–water partition coefficient (Wildman–Crippen LogP) is 1.64. The molecule has 5 atom stereocenters. The van der Waals surface area contributed by atoms with Gasteiger partial charge in [0.15, 0.2) is 11.6 Å². The van der Waals surface area contributed by atoms with Gasteiger partial charge in [0.05, 0.1) is 12.1 Å². The summed E-state index contributed by atoms with van der Waals surface area (Å²) in [5.41, 5.74) is 6.80. The van der Waals surface area contributed by atoms with Crippen molar-refractivity contribution in [2.45, 2.75) is 18.9 Å². The SMILES string of the molecule is NC(=O)[C@H]1[C@@H]2C[C@H]3CNC(=O)c4cccc(c4)Nc4ncc(F)c(n4)N[C@@H]1[C@@H]3C2. The fourth-order valence-electron chi connectivity index (χ4n) is 5.21. The Balaban J connectivity index is 1.56. The third kappa shape index (κ3) is 3.06. The number of carbonyl (C=O) groups excluding carboxylic acids is 2. The zero-order valence-corrected chi connectivity index (χ0v) is 15.6. The van der Waals surface area contributed by atoms with Gasteiger partial charge in [-0.15, -0.1) is 0 Å².